The van der Waals surface area contributed by atoms with Crippen LogP contribution in [0.2, 0.25) is 0 Å². The molecule has 196 valence electrons. The van der Waals surface area contributed by atoms with Gasteiger partial charge in [0.2, 0.25) is 0 Å². The summed E-state index contributed by atoms with van der Waals surface area (Å²) in [5.41, 5.74) is -2.72. The van der Waals surface area contributed by atoms with Crippen LogP contribution in [0.3, 0.4) is 0 Å². The van der Waals surface area contributed by atoms with E-state index in [2.05, 4.69) is 0 Å². The Bertz CT molecular complexity index is 1150. The first-order valence-electron chi connectivity index (χ1n) is 9.87. The van der Waals surface area contributed by atoms with Crippen molar-refractivity contribution in [2.45, 2.75) is 37.5 Å². The van der Waals surface area contributed by atoms with Crippen LogP contribution in [0, 0.1) is 0 Å². The van der Waals surface area contributed by atoms with E-state index in [1.54, 1.807) is 0 Å². The Hall–Kier alpha value is -0.680. The fourth-order valence-electron chi connectivity index (χ4n) is 3.20. The molecule has 39 heavy (non-hydrogen) atoms. The van der Waals surface area contributed by atoms with Crippen molar-refractivity contribution in [3.05, 3.63) is 70.3 Å². The second-order valence-corrected chi connectivity index (χ2v) is 7.63. The molecule has 0 aliphatic carbocycles. The Morgan fingerprint density at radius 2 is 1.15 bits per heavy atom. The van der Waals surface area contributed by atoms with Crippen molar-refractivity contribution in [2.75, 3.05) is 6.54 Å². The molecular weight excluding hydrogens is 576 g/mol. The third kappa shape index (κ3) is 10.3. The molecule has 0 spiro atoms. The van der Waals surface area contributed by atoms with Gasteiger partial charge in [0.25, 0.3) is 0 Å². The summed E-state index contributed by atoms with van der Waals surface area (Å²) in [4.78, 5) is 34.5. The molecule has 2 aromatic carbocycles. The molecule has 0 saturated carbocycles. The third-order valence-electron chi connectivity index (χ3n) is 5.04. The van der Waals surface area contributed by atoms with Gasteiger partial charge >= 0.3 is 107 Å². The van der Waals surface area contributed by atoms with Gasteiger partial charge in [-0.05, 0) is 23.6 Å². The van der Waals surface area contributed by atoms with Crippen LogP contribution < -0.4 is 104 Å². The smallest absolute Gasteiger partial charge is 0.550 e. The average molecular weight is 591 g/mol. The molecule has 0 amide bonds. The van der Waals surface area contributed by atoms with Gasteiger partial charge in [-0.2, -0.15) is 30.7 Å². The van der Waals surface area contributed by atoms with Crippen LogP contribution in [0.4, 0.5) is 30.7 Å². The zero-order valence-electron chi connectivity index (χ0n) is 20.9. The SMILES string of the molecule is O=C([O-])CCN(Cc1ccc(C(F)(F)C(F)(F)C(F)(F)F)cc1)Cc1ccc(C(=O)[O-])c(C(=O)[O-])c1.[Na+].[Na+].[Na+]. The molecule has 2 aromatic rings. The Labute approximate surface area is 283 Å². The van der Waals surface area contributed by atoms with E-state index in [-0.39, 0.29) is 119 Å². The molecule has 0 unspecified atom stereocenters. The number of halogens is 7. The summed E-state index contributed by atoms with van der Waals surface area (Å²) in [5.74, 6) is -17.0. The van der Waals surface area contributed by atoms with Crippen LogP contribution in [0.15, 0.2) is 42.5 Å². The van der Waals surface area contributed by atoms with Crippen LogP contribution in [-0.2, 0) is 23.8 Å². The number of carbonyl (C=O) groups is 3. The Kier molecular flexibility index (Phi) is 16.7. The molecule has 0 bridgehead atoms. The largest absolute Gasteiger partial charge is 1.00 e. The van der Waals surface area contributed by atoms with E-state index in [1.165, 1.54) is 11.0 Å². The van der Waals surface area contributed by atoms with Gasteiger partial charge in [-0.1, -0.05) is 36.4 Å². The van der Waals surface area contributed by atoms with Crippen LogP contribution in [0.5, 0.6) is 0 Å². The molecule has 0 atom stereocenters. The molecule has 17 heteroatoms. The quantitative estimate of drug-likeness (QED) is 0.188. The molecule has 0 saturated heterocycles. The number of hydrogen-bond donors (Lipinski definition) is 0. The predicted molar refractivity (Wildman–Crippen MR) is 100 cm³/mol. The van der Waals surface area contributed by atoms with Gasteiger partial charge in [-0.15, -0.1) is 0 Å². The molecule has 0 aromatic heterocycles. The second-order valence-electron chi connectivity index (χ2n) is 7.63. The molecule has 2 rings (SSSR count). The van der Waals surface area contributed by atoms with E-state index in [1.807, 2.05) is 0 Å². The van der Waals surface area contributed by atoms with Gasteiger partial charge in [0.05, 0.1) is 11.9 Å². The summed E-state index contributed by atoms with van der Waals surface area (Å²) < 4.78 is 91.5. The summed E-state index contributed by atoms with van der Waals surface area (Å²) >= 11 is 0. The molecule has 0 heterocycles. The fourth-order valence-corrected chi connectivity index (χ4v) is 3.20. The number of benzene rings is 2. The maximum absolute atomic E-state index is 13.9. The number of carbonyl (C=O) groups excluding carboxylic acids is 3. The van der Waals surface area contributed by atoms with E-state index in [9.17, 15) is 60.4 Å². The first kappa shape index (κ1) is 40.5. The Morgan fingerprint density at radius 1 is 0.692 bits per heavy atom. The zero-order chi connectivity index (χ0) is 27.5. The number of alkyl halides is 7. The van der Waals surface area contributed by atoms with Gasteiger partial charge in [0.1, 0.15) is 0 Å². The van der Waals surface area contributed by atoms with Gasteiger partial charge < -0.3 is 29.7 Å². The van der Waals surface area contributed by atoms with Crippen LogP contribution in [0.25, 0.3) is 0 Å². The molecule has 0 aliphatic heterocycles. The number of carboxylic acids is 3. The van der Waals surface area contributed by atoms with Crippen molar-refractivity contribution in [3.63, 3.8) is 0 Å². The van der Waals surface area contributed by atoms with Crippen molar-refractivity contribution >= 4 is 17.9 Å². The number of nitrogens with zero attached hydrogens (tertiary/aromatic N) is 1. The molecule has 0 radical (unpaired) electrons. The molecule has 0 N–H and O–H groups in total. The minimum absolute atomic E-state index is 0. The van der Waals surface area contributed by atoms with Crippen molar-refractivity contribution < 1.29 is 149 Å². The summed E-state index contributed by atoms with van der Waals surface area (Å²) in [6.45, 7) is -0.683. The van der Waals surface area contributed by atoms with Crippen LogP contribution in [0.1, 0.15) is 43.8 Å². The first-order valence-corrected chi connectivity index (χ1v) is 9.87. The van der Waals surface area contributed by atoms with Crippen molar-refractivity contribution in [2.24, 2.45) is 0 Å². The van der Waals surface area contributed by atoms with Crippen LogP contribution >= 0.6 is 0 Å². The maximum Gasteiger partial charge on any atom is 1.00 e. The van der Waals surface area contributed by atoms with Crippen molar-refractivity contribution in [1.29, 1.82) is 0 Å². The predicted octanol–water partition coefficient (Wildman–Crippen LogP) is -8.14. The van der Waals surface area contributed by atoms with Gasteiger partial charge in [0, 0.05) is 42.3 Å². The summed E-state index contributed by atoms with van der Waals surface area (Å²) in [5, 5.41) is 33.1. The van der Waals surface area contributed by atoms with Gasteiger partial charge in [-0.25, -0.2) is 0 Å². The minimum Gasteiger partial charge on any atom is -0.550 e. The molecule has 0 fully saturated rings. The fraction of sp³-hybridized carbons (Fsp3) is 0.318. The summed E-state index contributed by atoms with van der Waals surface area (Å²) in [6, 6.07) is 5.48. The molecule has 7 nitrogen and oxygen atoms in total. The van der Waals surface area contributed by atoms with Gasteiger partial charge in [0.15, 0.2) is 0 Å². The first-order chi connectivity index (χ1) is 16.5. The average Bonchev–Trinajstić information content (AvgIpc) is 2.76. The van der Waals surface area contributed by atoms with E-state index < -0.39 is 59.0 Å². The third-order valence-corrected chi connectivity index (χ3v) is 5.04. The normalized spacial score (nSPS) is 11.6. The van der Waals surface area contributed by atoms with E-state index in [0.29, 0.717) is 12.1 Å². The number of hydrogen-bond acceptors (Lipinski definition) is 7. The standard InChI is InChI=1S/C22H18F7NO6.3Na/c23-20(24,21(25,26)22(27,28)29)14-4-1-12(2-5-14)10-30(8-7-17(31)32)11-13-3-6-15(18(33)34)16(9-13)19(35)36;;;/h1-6,9H,7-8,10-11H2,(H,31,32)(H,33,34)(H,35,36);;;/q;3*+1/p-3. The topological polar surface area (TPSA) is 124 Å². The Morgan fingerprint density at radius 3 is 1.59 bits per heavy atom. The number of aromatic carboxylic acids is 2. The minimum atomic E-state index is -6.51. The number of aliphatic carboxylic acids is 1. The van der Waals surface area contributed by atoms with Crippen LogP contribution in [-0.4, -0.2) is 41.5 Å². The summed E-state index contributed by atoms with van der Waals surface area (Å²) in [6.07, 6.45) is -7.05. The number of rotatable bonds is 11. The van der Waals surface area contributed by atoms with Crippen molar-refractivity contribution in [3.8, 4) is 0 Å². The van der Waals surface area contributed by atoms with E-state index >= 15 is 0 Å². The number of carboxylic acid groups (broad SMARTS) is 3. The monoisotopic (exact) mass is 591 g/mol. The molecule has 0 aliphatic rings. The second kappa shape index (κ2) is 16.1. The molecular formula is C22H15F7NNa3O6. The van der Waals surface area contributed by atoms with E-state index in [4.69, 9.17) is 0 Å². The Balaban J connectivity index is 0. The van der Waals surface area contributed by atoms with Gasteiger partial charge in [-0.3, -0.25) is 4.90 Å². The maximum atomic E-state index is 13.9. The van der Waals surface area contributed by atoms with Crippen molar-refractivity contribution in [1.82, 2.24) is 4.90 Å². The zero-order valence-corrected chi connectivity index (χ0v) is 26.9. The summed E-state index contributed by atoms with van der Waals surface area (Å²) in [7, 11) is 0. The van der Waals surface area contributed by atoms with E-state index in [0.717, 1.165) is 24.3 Å².